The Labute approximate surface area is 118 Å². The molecule has 0 radical (unpaired) electrons. The van der Waals surface area contributed by atoms with E-state index in [9.17, 15) is 4.79 Å². The summed E-state index contributed by atoms with van der Waals surface area (Å²) in [6, 6.07) is 5.21. The molecule has 1 aromatic carbocycles. The van der Waals surface area contributed by atoms with Crippen LogP contribution in [0.3, 0.4) is 0 Å². The number of hydrogen-bond donors (Lipinski definition) is 1. The normalized spacial score (nSPS) is 15.8. The minimum Gasteiger partial charge on any atom is -0.478 e. The number of hydrogen-bond acceptors (Lipinski definition) is 2. The Hall–Kier alpha value is -1.84. The lowest BCUT2D eigenvalue weighted by Crippen LogP contribution is -2.17. The van der Waals surface area contributed by atoms with E-state index in [4.69, 9.17) is 10.1 Å². The van der Waals surface area contributed by atoms with Gasteiger partial charge in [0.25, 0.3) is 0 Å². The van der Waals surface area contributed by atoms with Gasteiger partial charge in [0.1, 0.15) is 5.82 Å². The molecule has 1 heterocycles. The summed E-state index contributed by atoms with van der Waals surface area (Å²) in [5, 5.41) is 9.17. The number of carboxylic acids is 1. The number of fused-ring (bicyclic) bond motifs is 1. The van der Waals surface area contributed by atoms with Crippen LogP contribution in [0.4, 0.5) is 0 Å². The Balaban J connectivity index is 2.17. The van der Waals surface area contributed by atoms with E-state index in [1.807, 2.05) is 6.07 Å². The molecule has 106 valence electrons. The van der Waals surface area contributed by atoms with E-state index in [2.05, 4.69) is 25.3 Å². The third-order valence-corrected chi connectivity index (χ3v) is 3.60. The molecule has 1 aromatic heterocycles. The molecular weight excluding hydrogens is 252 g/mol. The molecule has 2 aromatic rings. The average Bonchev–Trinajstić information content (AvgIpc) is 3.12. The van der Waals surface area contributed by atoms with Crippen LogP contribution in [0.15, 0.2) is 18.2 Å². The fourth-order valence-electron chi connectivity index (χ4n) is 2.57. The fourth-order valence-corrected chi connectivity index (χ4v) is 2.57. The zero-order valence-electron chi connectivity index (χ0n) is 12.2. The van der Waals surface area contributed by atoms with Gasteiger partial charge in [-0.05, 0) is 36.5 Å². The van der Waals surface area contributed by atoms with E-state index in [0.717, 1.165) is 23.4 Å². The predicted molar refractivity (Wildman–Crippen MR) is 78.1 cm³/mol. The average molecular weight is 272 g/mol. The number of rotatable bonds is 3. The molecule has 0 bridgehead atoms. The Kier molecular flexibility index (Phi) is 2.85. The van der Waals surface area contributed by atoms with E-state index >= 15 is 0 Å². The number of carboxylic acid groups (broad SMARTS) is 1. The summed E-state index contributed by atoms with van der Waals surface area (Å²) in [5.41, 5.74) is 2.31. The van der Waals surface area contributed by atoms with Gasteiger partial charge in [0.15, 0.2) is 0 Å². The van der Waals surface area contributed by atoms with Crippen LogP contribution in [-0.2, 0) is 6.54 Å². The van der Waals surface area contributed by atoms with Crippen LogP contribution in [0.25, 0.3) is 11.0 Å². The number of imidazole rings is 1. The standard InChI is InChI=1S/C16H20N2O2/c1-16(2,3)9-18-13-8-11(15(19)20)6-7-12(13)17-14(18)10-4-5-10/h6-8,10H,4-5,9H2,1-3H3,(H,19,20). The van der Waals surface area contributed by atoms with Crippen molar-refractivity contribution in [3.63, 3.8) is 0 Å². The molecule has 1 N–H and O–H groups in total. The summed E-state index contributed by atoms with van der Waals surface area (Å²) in [6.07, 6.45) is 2.39. The number of carbonyl (C=O) groups is 1. The van der Waals surface area contributed by atoms with Crippen LogP contribution in [0.5, 0.6) is 0 Å². The van der Waals surface area contributed by atoms with Gasteiger partial charge in [-0.15, -0.1) is 0 Å². The van der Waals surface area contributed by atoms with Crippen molar-refractivity contribution in [1.82, 2.24) is 9.55 Å². The maximum absolute atomic E-state index is 11.2. The lowest BCUT2D eigenvalue weighted by Gasteiger charge is -2.21. The molecular formula is C16H20N2O2. The van der Waals surface area contributed by atoms with Crippen molar-refractivity contribution < 1.29 is 9.90 Å². The van der Waals surface area contributed by atoms with E-state index in [1.54, 1.807) is 12.1 Å². The molecule has 0 atom stereocenters. The van der Waals surface area contributed by atoms with Gasteiger partial charge in [0.05, 0.1) is 16.6 Å². The molecule has 3 rings (SSSR count). The van der Waals surface area contributed by atoms with Crippen LogP contribution >= 0.6 is 0 Å². The summed E-state index contributed by atoms with van der Waals surface area (Å²) < 4.78 is 2.22. The molecule has 0 spiro atoms. The van der Waals surface area contributed by atoms with Crippen LogP contribution in [0.2, 0.25) is 0 Å². The third-order valence-electron chi connectivity index (χ3n) is 3.60. The van der Waals surface area contributed by atoms with Crippen LogP contribution in [0.1, 0.15) is 55.7 Å². The Morgan fingerprint density at radius 3 is 2.65 bits per heavy atom. The molecule has 1 aliphatic rings. The molecule has 4 heteroatoms. The molecule has 0 unspecified atom stereocenters. The molecule has 1 fully saturated rings. The summed E-state index contributed by atoms with van der Waals surface area (Å²) in [7, 11) is 0. The van der Waals surface area contributed by atoms with Crippen molar-refractivity contribution in [3.05, 3.63) is 29.6 Å². The van der Waals surface area contributed by atoms with Gasteiger partial charge in [0.2, 0.25) is 0 Å². The SMILES string of the molecule is CC(C)(C)Cn1c(C2CC2)nc2ccc(C(=O)O)cc21. The summed E-state index contributed by atoms with van der Waals surface area (Å²) in [6.45, 7) is 7.43. The third kappa shape index (κ3) is 2.42. The molecule has 1 aliphatic carbocycles. The Morgan fingerprint density at radius 2 is 2.10 bits per heavy atom. The lowest BCUT2D eigenvalue weighted by atomic mass is 9.96. The van der Waals surface area contributed by atoms with E-state index in [0.29, 0.717) is 11.5 Å². The van der Waals surface area contributed by atoms with Crippen molar-refractivity contribution in [2.75, 3.05) is 0 Å². The number of benzene rings is 1. The molecule has 1 saturated carbocycles. The smallest absolute Gasteiger partial charge is 0.335 e. The summed E-state index contributed by atoms with van der Waals surface area (Å²) in [4.78, 5) is 15.9. The van der Waals surface area contributed by atoms with Gasteiger partial charge in [-0.2, -0.15) is 0 Å². The number of nitrogens with zero attached hydrogens (tertiary/aromatic N) is 2. The van der Waals surface area contributed by atoms with Crippen LogP contribution in [-0.4, -0.2) is 20.6 Å². The first-order chi connectivity index (χ1) is 9.35. The molecule has 0 aliphatic heterocycles. The Morgan fingerprint density at radius 1 is 1.40 bits per heavy atom. The second kappa shape index (κ2) is 4.33. The Bertz CT molecular complexity index is 676. The van der Waals surface area contributed by atoms with E-state index in [-0.39, 0.29) is 5.41 Å². The van der Waals surface area contributed by atoms with Crippen molar-refractivity contribution in [3.8, 4) is 0 Å². The van der Waals surface area contributed by atoms with E-state index < -0.39 is 5.97 Å². The molecule has 0 amide bonds. The summed E-state index contributed by atoms with van der Waals surface area (Å²) >= 11 is 0. The minimum atomic E-state index is -0.886. The van der Waals surface area contributed by atoms with Crippen molar-refractivity contribution in [1.29, 1.82) is 0 Å². The van der Waals surface area contributed by atoms with Gasteiger partial charge in [-0.3, -0.25) is 0 Å². The van der Waals surface area contributed by atoms with Crippen molar-refractivity contribution in [2.45, 2.75) is 46.1 Å². The molecule has 20 heavy (non-hydrogen) atoms. The maximum atomic E-state index is 11.2. The molecule has 4 nitrogen and oxygen atoms in total. The van der Waals surface area contributed by atoms with Gasteiger partial charge >= 0.3 is 5.97 Å². The monoisotopic (exact) mass is 272 g/mol. The highest BCUT2D eigenvalue weighted by Gasteiger charge is 2.30. The highest BCUT2D eigenvalue weighted by molar-refractivity contribution is 5.92. The minimum absolute atomic E-state index is 0.135. The molecule has 0 saturated heterocycles. The van der Waals surface area contributed by atoms with Gasteiger partial charge < -0.3 is 9.67 Å². The zero-order valence-corrected chi connectivity index (χ0v) is 12.2. The van der Waals surface area contributed by atoms with Crippen molar-refractivity contribution in [2.24, 2.45) is 5.41 Å². The maximum Gasteiger partial charge on any atom is 0.335 e. The number of aromatic carboxylic acids is 1. The van der Waals surface area contributed by atoms with E-state index in [1.165, 1.54) is 12.8 Å². The second-order valence-corrected chi connectivity index (χ2v) is 6.90. The topological polar surface area (TPSA) is 55.1 Å². The first kappa shape index (κ1) is 13.2. The lowest BCUT2D eigenvalue weighted by molar-refractivity contribution is 0.0697. The quantitative estimate of drug-likeness (QED) is 0.927. The summed E-state index contributed by atoms with van der Waals surface area (Å²) in [5.74, 6) is 0.791. The van der Waals surface area contributed by atoms with Gasteiger partial charge in [0, 0.05) is 12.5 Å². The highest BCUT2D eigenvalue weighted by Crippen LogP contribution is 2.41. The number of aromatic nitrogens is 2. The van der Waals surface area contributed by atoms with Gasteiger partial charge in [-0.1, -0.05) is 20.8 Å². The predicted octanol–water partition coefficient (Wildman–Crippen LogP) is 3.66. The van der Waals surface area contributed by atoms with Crippen molar-refractivity contribution >= 4 is 17.0 Å². The van der Waals surface area contributed by atoms with Crippen LogP contribution < -0.4 is 0 Å². The fraction of sp³-hybridized carbons (Fsp3) is 0.500. The largest absolute Gasteiger partial charge is 0.478 e. The first-order valence-electron chi connectivity index (χ1n) is 7.09. The first-order valence-corrected chi connectivity index (χ1v) is 7.09. The zero-order chi connectivity index (χ0) is 14.5. The van der Waals surface area contributed by atoms with Crippen LogP contribution in [0, 0.1) is 5.41 Å². The van der Waals surface area contributed by atoms with Gasteiger partial charge in [-0.25, -0.2) is 9.78 Å². The highest BCUT2D eigenvalue weighted by atomic mass is 16.4. The second-order valence-electron chi connectivity index (χ2n) is 6.90.